The molecule has 23 nitrogen and oxygen atoms in total. The number of thiophene rings is 2. The number of nitrogens with zero attached hydrogens (tertiary/aromatic N) is 8. The van der Waals surface area contributed by atoms with E-state index in [1.165, 1.54) is 41.2 Å². The van der Waals surface area contributed by atoms with Gasteiger partial charge in [0.2, 0.25) is 11.9 Å². The van der Waals surface area contributed by atoms with Crippen LogP contribution in [0.4, 0.5) is 11.9 Å². The number of rotatable bonds is 15. The topological polar surface area (TPSA) is 317 Å². The van der Waals surface area contributed by atoms with Crippen molar-refractivity contribution in [2.45, 2.75) is 77.7 Å². The second-order valence-electron chi connectivity index (χ2n) is 18.7. The Bertz CT molecular complexity index is 3960. The Kier molecular flexibility index (Phi) is 24.3. The number of carbonyl (C=O) groups excluding carboxylic acids is 4. The third-order valence-electron chi connectivity index (χ3n) is 11.0. The number of amides is 2. The first kappa shape index (κ1) is 67.1. The summed E-state index contributed by atoms with van der Waals surface area (Å²) in [7, 11) is -3.38. The van der Waals surface area contributed by atoms with Crippen molar-refractivity contribution in [3.63, 3.8) is 0 Å². The summed E-state index contributed by atoms with van der Waals surface area (Å²) in [6.07, 6.45) is 6.99. The molecule has 3 aromatic carbocycles. The van der Waals surface area contributed by atoms with Crippen molar-refractivity contribution in [2.75, 3.05) is 16.5 Å². The number of hydrogen-bond acceptors (Lipinski definition) is 20. The SMILES string of the molecule is Cc1ncc(-c2ccc(C(=O)Nc3nc4cc(-c5cnco5)ccc4n3CC(C)(C)O)s2)o1.Cc1ncc(-c2ccc(C(=O)Nc3nc4cc(C=O)ccc4n3CC(C)(C)O)s2)o1.O=CO[O-].[C-]#[N+]CS(=O)(=O)c1ccc(C)cc1.[H-].[K+].[K+]. The standard InChI is InChI=1S/C23H21N5O4S.C21H20N4O4S.C9H9NO2S.CH2O3.2K.H/c1-13-25-10-18(32-13)19-6-7-20(33-19)21(29)27-22-26-15-8-14(17-9-24-12-31-17)4-5-16(15)28(22)11-23(2,3)30;1-12-22-9-16(29-12)17-6-7-18(30-17)19(27)24-20-23-14-8-13(10-26)4-5-15(14)25(20)11-21(2,3)28;1-8-3-5-9(6-4-8)13(11,12)7-10-2;2-1-4-3;;;/h4-10,12,30H,11H2,1-3H3,(H,26,27,29);4-10,28H,11H2,1-3H3,(H,23,24,27);3-6H,7H2,1H3;1,3H;;;/q;;;;2*+1;-1/p-1. The summed E-state index contributed by atoms with van der Waals surface area (Å²) < 4.78 is 42.6. The van der Waals surface area contributed by atoms with Gasteiger partial charge in [-0.1, -0.05) is 17.7 Å². The van der Waals surface area contributed by atoms with Gasteiger partial charge >= 0.3 is 109 Å². The molecule has 0 spiro atoms. The monoisotopic (exact) mass is 1220 g/mol. The molecule has 0 unspecified atom stereocenters. The predicted octanol–water partition coefficient (Wildman–Crippen LogP) is 2.84. The van der Waals surface area contributed by atoms with Crippen molar-refractivity contribution in [2.24, 2.45) is 0 Å². The predicted molar refractivity (Wildman–Crippen MR) is 296 cm³/mol. The number of hydrogen-bond donors (Lipinski definition) is 4. The van der Waals surface area contributed by atoms with Crippen LogP contribution >= 0.6 is 22.7 Å². The first-order chi connectivity index (χ1) is 38.0. The number of carbonyl (C=O) groups is 4. The van der Waals surface area contributed by atoms with Gasteiger partial charge in [0.15, 0.2) is 35.5 Å². The molecule has 0 atom stereocenters. The summed E-state index contributed by atoms with van der Waals surface area (Å²) in [5.41, 5.74) is 2.96. The smallest absolute Gasteiger partial charge is 1.00 e. The normalized spacial score (nSPS) is 11.0. The van der Waals surface area contributed by atoms with Gasteiger partial charge in [0.05, 0.1) is 89.4 Å². The molecule has 0 bridgehead atoms. The molecular weight excluding hydrogens is 1170 g/mol. The molecule has 0 fully saturated rings. The van der Waals surface area contributed by atoms with Crippen LogP contribution in [-0.2, 0) is 32.6 Å². The van der Waals surface area contributed by atoms with E-state index in [1.807, 2.05) is 31.2 Å². The van der Waals surface area contributed by atoms with E-state index in [1.54, 1.807) is 118 Å². The molecule has 2 amide bonds. The summed E-state index contributed by atoms with van der Waals surface area (Å²) in [6.45, 7) is 18.9. The summed E-state index contributed by atoms with van der Waals surface area (Å²) in [5, 5.41) is 34.9. The van der Waals surface area contributed by atoms with E-state index in [0.717, 1.165) is 32.7 Å². The van der Waals surface area contributed by atoms with Crippen LogP contribution in [0.3, 0.4) is 0 Å². The average molecular weight is 1220 g/mol. The second kappa shape index (κ2) is 29.7. The maximum atomic E-state index is 13.0. The summed E-state index contributed by atoms with van der Waals surface area (Å²) in [5.74, 6) is 2.49. The molecule has 10 aromatic rings. The van der Waals surface area contributed by atoms with Gasteiger partial charge in [0.25, 0.3) is 28.1 Å². The van der Waals surface area contributed by atoms with Crippen LogP contribution in [0.1, 0.15) is 76.2 Å². The molecule has 10 rings (SSSR count). The molecule has 416 valence electrons. The number of aliphatic hydroxyl groups is 2. The van der Waals surface area contributed by atoms with E-state index >= 15 is 0 Å². The van der Waals surface area contributed by atoms with Crippen molar-refractivity contribution in [3.8, 4) is 32.6 Å². The Hall–Kier alpha value is -5.70. The van der Waals surface area contributed by atoms with E-state index in [2.05, 4.69) is 45.3 Å². The van der Waals surface area contributed by atoms with Crippen molar-refractivity contribution >= 4 is 91.0 Å². The van der Waals surface area contributed by atoms with E-state index in [-0.39, 0.29) is 140 Å². The van der Waals surface area contributed by atoms with Crippen molar-refractivity contribution < 1.29 is 165 Å². The Labute approximate surface area is 564 Å². The number of aryl methyl sites for hydroxylation is 3. The number of oxazole rings is 3. The van der Waals surface area contributed by atoms with Crippen LogP contribution in [-0.4, -0.2) is 94.3 Å². The molecule has 0 radical (unpaired) electrons. The molecule has 0 aliphatic rings. The summed E-state index contributed by atoms with van der Waals surface area (Å²) in [6, 6.07) is 24.3. The Morgan fingerprint density at radius 1 is 0.744 bits per heavy atom. The zero-order valence-electron chi connectivity index (χ0n) is 46.9. The van der Waals surface area contributed by atoms with Gasteiger partial charge in [-0.15, -0.1) is 22.7 Å². The summed E-state index contributed by atoms with van der Waals surface area (Å²) >= 11 is 2.58. The Morgan fingerprint density at radius 2 is 1.23 bits per heavy atom. The van der Waals surface area contributed by atoms with E-state index in [4.69, 9.17) is 29.9 Å². The summed E-state index contributed by atoms with van der Waals surface area (Å²) in [4.78, 5) is 75.2. The third kappa shape index (κ3) is 18.2. The first-order valence-corrected chi connectivity index (χ1v) is 27.1. The number of imidazole rings is 2. The van der Waals surface area contributed by atoms with Crippen molar-refractivity contribution in [1.29, 1.82) is 0 Å². The maximum Gasteiger partial charge on any atom is 1.00 e. The molecular formula is C54H52K2N10O13S3. The average Bonchev–Trinajstić information content (AvgIpc) is 4.37. The number of benzene rings is 3. The van der Waals surface area contributed by atoms with Gasteiger partial charge in [-0.25, -0.2) is 39.9 Å². The number of aromatic nitrogens is 7. The third-order valence-corrected chi connectivity index (χ3v) is 14.6. The fourth-order valence-corrected chi connectivity index (χ4v) is 10.1. The molecule has 7 heterocycles. The molecule has 0 saturated heterocycles. The number of anilines is 2. The minimum absolute atomic E-state index is 0. The van der Waals surface area contributed by atoms with Gasteiger partial charge < -0.3 is 44.2 Å². The van der Waals surface area contributed by atoms with Gasteiger partial charge in [0.1, 0.15) is 6.29 Å². The van der Waals surface area contributed by atoms with Crippen LogP contribution in [0.15, 0.2) is 128 Å². The van der Waals surface area contributed by atoms with Gasteiger partial charge in [-0.05, 0) is 107 Å². The molecule has 0 saturated carbocycles. The molecule has 82 heavy (non-hydrogen) atoms. The molecule has 0 aliphatic carbocycles. The van der Waals surface area contributed by atoms with Crippen LogP contribution in [0, 0.1) is 27.3 Å². The number of sulfone groups is 1. The largest absolute Gasteiger partial charge is 1.00 e. The van der Waals surface area contributed by atoms with Crippen molar-refractivity contribution in [1.82, 2.24) is 34.1 Å². The van der Waals surface area contributed by atoms with E-state index in [9.17, 15) is 33.0 Å². The quantitative estimate of drug-likeness (QED) is 0.0377. The zero-order valence-corrected chi connectivity index (χ0v) is 54.6. The van der Waals surface area contributed by atoms with Crippen LogP contribution in [0.25, 0.3) is 59.5 Å². The van der Waals surface area contributed by atoms with E-state index < -0.39 is 26.9 Å². The fraction of sp³-hybridized carbons (Fsp3) is 0.222. The van der Waals surface area contributed by atoms with Crippen LogP contribution in [0.5, 0.6) is 0 Å². The van der Waals surface area contributed by atoms with E-state index in [0.29, 0.717) is 72.8 Å². The molecule has 7 aromatic heterocycles. The minimum atomic E-state index is -3.38. The Morgan fingerprint density at radius 3 is 1.65 bits per heavy atom. The fourth-order valence-electron chi connectivity index (χ4n) is 7.51. The van der Waals surface area contributed by atoms with Gasteiger partial charge in [-0.2, -0.15) is 0 Å². The second-order valence-corrected chi connectivity index (χ2v) is 22.9. The van der Waals surface area contributed by atoms with Crippen LogP contribution in [0.2, 0.25) is 0 Å². The molecule has 28 heteroatoms. The zero-order chi connectivity index (χ0) is 57.9. The molecule has 0 aliphatic heterocycles. The first-order valence-electron chi connectivity index (χ1n) is 23.8. The molecule has 4 N–H and O–H groups in total. The van der Waals surface area contributed by atoms with Gasteiger partial charge in [0, 0.05) is 25.0 Å². The van der Waals surface area contributed by atoms with Gasteiger partial charge in [-0.3, -0.25) is 34.7 Å². The maximum absolute atomic E-state index is 13.0. The number of aldehydes is 1. The number of fused-ring (bicyclic) bond motifs is 2. The van der Waals surface area contributed by atoms with Crippen LogP contribution < -0.4 is 119 Å². The Balaban J connectivity index is 0.000000273. The van der Waals surface area contributed by atoms with Crippen molar-refractivity contribution in [3.05, 3.63) is 154 Å². The number of nitrogens with one attached hydrogen (secondary N) is 2. The minimum Gasteiger partial charge on any atom is -1.00 e.